The lowest BCUT2D eigenvalue weighted by Crippen LogP contribution is -2.19. The van der Waals surface area contributed by atoms with Gasteiger partial charge in [-0.05, 0) is 13.0 Å². The van der Waals surface area contributed by atoms with E-state index in [9.17, 15) is 14.3 Å². The molecule has 2 N–H and O–H groups in total. The van der Waals surface area contributed by atoms with Crippen molar-refractivity contribution < 1.29 is 19.0 Å². The molecule has 0 saturated carbocycles. The monoisotopic (exact) mass is 293 g/mol. The number of aromatic nitrogens is 2. The zero-order valence-corrected chi connectivity index (χ0v) is 11.8. The van der Waals surface area contributed by atoms with Gasteiger partial charge < -0.3 is 15.2 Å². The first-order chi connectivity index (χ1) is 10.1. The van der Waals surface area contributed by atoms with Crippen molar-refractivity contribution in [2.45, 2.75) is 20.1 Å². The van der Waals surface area contributed by atoms with Crippen molar-refractivity contribution in [2.24, 2.45) is 0 Å². The highest BCUT2D eigenvalue weighted by molar-refractivity contribution is 5.66. The van der Waals surface area contributed by atoms with Gasteiger partial charge in [-0.1, -0.05) is 12.1 Å². The molecule has 7 heteroatoms. The predicted octanol–water partition coefficient (Wildman–Crippen LogP) is 1.67. The van der Waals surface area contributed by atoms with Crippen LogP contribution < -0.4 is 5.32 Å². The third-order valence-corrected chi connectivity index (χ3v) is 3.03. The second kappa shape index (κ2) is 6.36. The predicted molar refractivity (Wildman–Crippen MR) is 73.4 cm³/mol. The second-order valence-electron chi connectivity index (χ2n) is 4.42. The maximum atomic E-state index is 14.1. The molecule has 1 aromatic carbocycles. The number of amides is 1. The van der Waals surface area contributed by atoms with E-state index in [1.165, 1.54) is 23.9 Å². The summed E-state index contributed by atoms with van der Waals surface area (Å²) in [6.45, 7) is 1.47. The number of halogens is 1. The van der Waals surface area contributed by atoms with Crippen LogP contribution in [0.25, 0.3) is 5.69 Å². The first-order valence-electron chi connectivity index (χ1n) is 6.35. The van der Waals surface area contributed by atoms with Gasteiger partial charge >= 0.3 is 6.09 Å². The molecule has 1 amide bonds. The molecule has 1 aromatic heterocycles. The maximum Gasteiger partial charge on any atom is 0.407 e. The van der Waals surface area contributed by atoms with Crippen LogP contribution in [0.15, 0.2) is 24.4 Å². The summed E-state index contributed by atoms with van der Waals surface area (Å²) in [5.41, 5.74) is 1.89. The van der Waals surface area contributed by atoms with E-state index in [1.54, 1.807) is 19.2 Å². The standard InChI is InChI=1S/C14H16FN3O3/c1-9-11(7-19)6-18(17-9)13-10(4-3-5-12(13)15)8-21-14(20)16-2/h3-6,19H,7-8H2,1-2H3,(H,16,20). The molecule has 0 saturated heterocycles. The molecule has 1 heterocycles. The van der Waals surface area contributed by atoms with E-state index < -0.39 is 11.9 Å². The van der Waals surface area contributed by atoms with E-state index >= 15 is 0 Å². The molecule has 0 aliphatic rings. The molecule has 6 nitrogen and oxygen atoms in total. The van der Waals surface area contributed by atoms with Crippen LogP contribution in [0, 0.1) is 12.7 Å². The number of hydrogen-bond donors (Lipinski definition) is 2. The molecule has 0 unspecified atom stereocenters. The molecule has 0 spiro atoms. The number of rotatable bonds is 4. The minimum atomic E-state index is -0.599. The van der Waals surface area contributed by atoms with E-state index in [4.69, 9.17) is 4.74 Å². The van der Waals surface area contributed by atoms with Gasteiger partial charge in [-0.2, -0.15) is 5.10 Å². The quantitative estimate of drug-likeness (QED) is 0.899. The lowest BCUT2D eigenvalue weighted by molar-refractivity contribution is 0.141. The number of aryl methyl sites for hydroxylation is 1. The Labute approximate surface area is 121 Å². The van der Waals surface area contributed by atoms with Crippen molar-refractivity contribution >= 4 is 6.09 Å². The van der Waals surface area contributed by atoms with Crippen LogP contribution in [0.3, 0.4) is 0 Å². The molecule has 0 atom stereocenters. The first-order valence-corrected chi connectivity index (χ1v) is 6.35. The van der Waals surface area contributed by atoms with E-state index in [-0.39, 0.29) is 18.9 Å². The molecular formula is C14H16FN3O3. The van der Waals surface area contributed by atoms with E-state index in [2.05, 4.69) is 10.4 Å². The summed E-state index contributed by atoms with van der Waals surface area (Å²) in [7, 11) is 1.44. The van der Waals surface area contributed by atoms with Crippen LogP contribution in [0.4, 0.5) is 9.18 Å². The van der Waals surface area contributed by atoms with Crippen LogP contribution in [0.2, 0.25) is 0 Å². The number of carbonyl (C=O) groups excluding carboxylic acids is 1. The fourth-order valence-electron chi connectivity index (χ4n) is 1.91. The van der Waals surface area contributed by atoms with E-state index in [1.807, 2.05) is 0 Å². The topological polar surface area (TPSA) is 76.4 Å². The Morgan fingerprint density at radius 3 is 2.86 bits per heavy atom. The number of aliphatic hydroxyl groups excluding tert-OH is 1. The smallest absolute Gasteiger partial charge is 0.407 e. The second-order valence-corrected chi connectivity index (χ2v) is 4.42. The Morgan fingerprint density at radius 1 is 1.48 bits per heavy atom. The van der Waals surface area contributed by atoms with Crippen LogP contribution in [0.1, 0.15) is 16.8 Å². The summed E-state index contributed by atoms with van der Waals surface area (Å²) in [4.78, 5) is 11.1. The molecule has 2 aromatic rings. The van der Waals surface area contributed by atoms with Crippen molar-refractivity contribution in [3.8, 4) is 5.69 Å². The molecule has 0 fully saturated rings. The van der Waals surface area contributed by atoms with Gasteiger partial charge in [-0.15, -0.1) is 0 Å². The molecule has 112 valence electrons. The highest BCUT2D eigenvalue weighted by atomic mass is 19.1. The number of para-hydroxylation sites is 1. The lowest BCUT2D eigenvalue weighted by atomic mass is 10.2. The number of alkyl carbamates (subject to hydrolysis) is 1. The fourth-order valence-corrected chi connectivity index (χ4v) is 1.91. The van der Waals surface area contributed by atoms with Gasteiger partial charge in [0.05, 0.1) is 12.3 Å². The van der Waals surface area contributed by atoms with Crippen molar-refractivity contribution in [2.75, 3.05) is 7.05 Å². The Bertz CT molecular complexity index is 655. The van der Waals surface area contributed by atoms with Crippen molar-refractivity contribution in [1.29, 1.82) is 0 Å². The van der Waals surface area contributed by atoms with Gasteiger partial charge in [0.15, 0.2) is 0 Å². The van der Waals surface area contributed by atoms with Gasteiger partial charge in [0.25, 0.3) is 0 Å². The summed E-state index contributed by atoms with van der Waals surface area (Å²) in [6.07, 6.45) is 0.954. The summed E-state index contributed by atoms with van der Waals surface area (Å²) in [6, 6.07) is 4.48. The number of aliphatic hydroxyl groups is 1. The Morgan fingerprint density at radius 2 is 2.24 bits per heavy atom. The largest absolute Gasteiger partial charge is 0.445 e. The molecule has 0 radical (unpaired) electrons. The number of benzene rings is 1. The first kappa shape index (κ1) is 15.0. The van der Waals surface area contributed by atoms with Gasteiger partial charge in [0, 0.05) is 24.4 Å². The summed E-state index contributed by atoms with van der Waals surface area (Å²) in [5, 5.41) is 15.7. The molecule has 0 aliphatic heterocycles. The molecule has 0 aliphatic carbocycles. The zero-order valence-electron chi connectivity index (χ0n) is 11.8. The lowest BCUT2D eigenvalue weighted by Gasteiger charge is -2.11. The average molecular weight is 293 g/mol. The molecular weight excluding hydrogens is 277 g/mol. The minimum Gasteiger partial charge on any atom is -0.445 e. The third kappa shape index (κ3) is 3.19. The Hall–Kier alpha value is -2.41. The molecule has 21 heavy (non-hydrogen) atoms. The Balaban J connectivity index is 2.39. The number of ether oxygens (including phenoxy) is 1. The van der Waals surface area contributed by atoms with E-state index in [0.717, 1.165) is 0 Å². The fraction of sp³-hybridized carbons (Fsp3) is 0.286. The number of nitrogens with one attached hydrogen (secondary N) is 1. The minimum absolute atomic E-state index is 0.0832. The van der Waals surface area contributed by atoms with Gasteiger partial charge in [-0.3, -0.25) is 0 Å². The van der Waals surface area contributed by atoms with Crippen molar-refractivity contribution in [3.63, 3.8) is 0 Å². The molecule has 0 bridgehead atoms. The number of carbonyl (C=O) groups is 1. The maximum absolute atomic E-state index is 14.1. The zero-order chi connectivity index (χ0) is 15.4. The van der Waals surface area contributed by atoms with Crippen LogP contribution >= 0.6 is 0 Å². The summed E-state index contributed by atoms with van der Waals surface area (Å²) < 4.78 is 20.4. The van der Waals surface area contributed by atoms with Gasteiger partial charge in [-0.25, -0.2) is 13.9 Å². The van der Waals surface area contributed by atoms with Crippen molar-refractivity contribution in [3.05, 3.63) is 47.0 Å². The SMILES string of the molecule is CNC(=O)OCc1cccc(F)c1-n1cc(CO)c(C)n1. The van der Waals surface area contributed by atoms with Gasteiger partial charge in [0.2, 0.25) is 0 Å². The van der Waals surface area contributed by atoms with Gasteiger partial charge in [0.1, 0.15) is 18.1 Å². The Kier molecular flexibility index (Phi) is 4.54. The summed E-state index contributed by atoms with van der Waals surface area (Å²) >= 11 is 0. The summed E-state index contributed by atoms with van der Waals surface area (Å²) in [5.74, 6) is -0.486. The van der Waals surface area contributed by atoms with Crippen LogP contribution in [-0.2, 0) is 18.0 Å². The normalized spacial score (nSPS) is 10.5. The average Bonchev–Trinajstić information content (AvgIpc) is 2.85. The molecule has 2 rings (SSSR count). The number of hydrogen-bond acceptors (Lipinski definition) is 4. The van der Waals surface area contributed by atoms with Crippen LogP contribution in [-0.4, -0.2) is 28.0 Å². The third-order valence-electron chi connectivity index (χ3n) is 3.03. The van der Waals surface area contributed by atoms with Crippen molar-refractivity contribution in [1.82, 2.24) is 15.1 Å². The number of nitrogens with zero attached hydrogens (tertiary/aromatic N) is 2. The highest BCUT2D eigenvalue weighted by Crippen LogP contribution is 2.21. The highest BCUT2D eigenvalue weighted by Gasteiger charge is 2.15. The van der Waals surface area contributed by atoms with E-state index in [0.29, 0.717) is 16.8 Å². The van der Waals surface area contributed by atoms with Crippen LogP contribution in [0.5, 0.6) is 0 Å².